The van der Waals surface area contributed by atoms with Gasteiger partial charge in [0.05, 0.1) is 17.0 Å². The number of thiazole rings is 1. The quantitative estimate of drug-likeness (QED) is 0.640. The van der Waals surface area contributed by atoms with Crippen LogP contribution in [0.2, 0.25) is 0 Å². The van der Waals surface area contributed by atoms with Crippen LogP contribution in [0.25, 0.3) is 11.3 Å². The largest absolute Gasteiger partial charge is 0.573 e. The zero-order valence-electron chi connectivity index (χ0n) is 16.6. The molecule has 0 aliphatic carbocycles. The van der Waals surface area contributed by atoms with Crippen LogP contribution in [-0.2, 0) is 9.59 Å². The van der Waals surface area contributed by atoms with E-state index in [1.807, 2.05) is 17.5 Å². The molecule has 2 unspecified atom stereocenters. The highest BCUT2D eigenvalue weighted by Gasteiger charge is 2.48. The molecule has 32 heavy (non-hydrogen) atoms. The Hall–Kier alpha value is -2.64. The molecule has 2 atom stereocenters. The summed E-state index contributed by atoms with van der Waals surface area (Å²) in [4.78, 5) is 29.1. The molecular formula is C19H16F4N4O3S2. The number of carbonyl (C=O) groups excluding carboxylic acids is 2. The van der Waals surface area contributed by atoms with E-state index in [1.54, 1.807) is 7.05 Å². The molecule has 2 aliphatic rings. The SMILES string of the molecule is CN1C(=O)C2C(CC(=O)Nc3nc(-c4ccc(F)c(OC(F)(F)F)c4)cs3)=CSC2N1C. The van der Waals surface area contributed by atoms with E-state index in [2.05, 4.69) is 15.0 Å². The van der Waals surface area contributed by atoms with Gasteiger partial charge in [-0.05, 0) is 29.2 Å². The van der Waals surface area contributed by atoms with E-state index in [1.165, 1.54) is 28.2 Å². The molecule has 1 saturated heterocycles. The number of hydrogen-bond acceptors (Lipinski definition) is 7. The molecule has 7 nitrogen and oxygen atoms in total. The van der Waals surface area contributed by atoms with Gasteiger partial charge < -0.3 is 10.1 Å². The second kappa shape index (κ2) is 8.37. The van der Waals surface area contributed by atoms with Crippen LogP contribution in [0, 0.1) is 11.7 Å². The van der Waals surface area contributed by atoms with E-state index in [0.29, 0.717) is 5.57 Å². The molecule has 1 aromatic heterocycles. The van der Waals surface area contributed by atoms with Gasteiger partial charge in [0.2, 0.25) is 11.8 Å². The number of carbonyl (C=O) groups is 2. The number of anilines is 1. The number of ether oxygens (including phenoxy) is 1. The minimum atomic E-state index is -5.03. The zero-order valence-corrected chi connectivity index (χ0v) is 18.3. The maximum atomic E-state index is 13.6. The van der Waals surface area contributed by atoms with Crippen molar-refractivity contribution in [2.45, 2.75) is 18.2 Å². The molecule has 1 aromatic carbocycles. The van der Waals surface area contributed by atoms with Crippen LogP contribution in [0.15, 0.2) is 34.6 Å². The second-order valence-electron chi connectivity index (χ2n) is 7.09. The van der Waals surface area contributed by atoms with Crippen molar-refractivity contribution in [1.82, 2.24) is 15.0 Å². The van der Waals surface area contributed by atoms with Crippen LogP contribution in [0.1, 0.15) is 6.42 Å². The van der Waals surface area contributed by atoms with E-state index in [0.717, 1.165) is 23.5 Å². The first kappa shape index (κ1) is 22.6. The number of halogens is 4. The Bertz CT molecular complexity index is 1100. The lowest BCUT2D eigenvalue weighted by atomic mass is 9.97. The van der Waals surface area contributed by atoms with E-state index >= 15 is 0 Å². The number of fused-ring (bicyclic) bond motifs is 1. The van der Waals surface area contributed by atoms with Crippen LogP contribution in [0.4, 0.5) is 22.7 Å². The maximum Gasteiger partial charge on any atom is 0.573 e. The number of hydrogen-bond donors (Lipinski definition) is 1. The smallest absolute Gasteiger partial charge is 0.403 e. The summed E-state index contributed by atoms with van der Waals surface area (Å²) < 4.78 is 54.6. The normalized spacial score (nSPS) is 21.0. The van der Waals surface area contributed by atoms with E-state index < -0.39 is 17.9 Å². The minimum absolute atomic E-state index is 0.0105. The molecule has 0 radical (unpaired) electrons. The summed E-state index contributed by atoms with van der Waals surface area (Å²) >= 11 is 2.55. The van der Waals surface area contributed by atoms with Gasteiger partial charge >= 0.3 is 6.36 Å². The van der Waals surface area contributed by atoms with Crippen LogP contribution >= 0.6 is 23.1 Å². The third kappa shape index (κ3) is 4.45. The number of nitrogens with one attached hydrogen (secondary N) is 1. The fourth-order valence-corrected chi connectivity index (χ4v) is 5.48. The van der Waals surface area contributed by atoms with Gasteiger partial charge in [0.1, 0.15) is 0 Å². The number of benzene rings is 1. The number of thioether (sulfide) groups is 1. The highest BCUT2D eigenvalue weighted by atomic mass is 32.2. The molecule has 0 spiro atoms. The third-order valence-electron chi connectivity index (χ3n) is 5.04. The summed E-state index contributed by atoms with van der Waals surface area (Å²) in [6.45, 7) is 0. The van der Waals surface area contributed by atoms with E-state index in [-0.39, 0.29) is 45.9 Å². The first-order valence-corrected chi connectivity index (χ1v) is 11.0. The molecule has 13 heteroatoms. The lowest BCUT2D eigenvalue weighted by Gasteiger charge is -2.22. The first-order valence-electron chi connectivity index (χ1n) is 9.19. The van der Waals surface area contributed by atoms with Gasteiger partial charge in [-0.3, -0.25) is 14.6 Å². The lowest BCUT2D eigenvalue weighted by molar-refractivity contribution is -0.275. The van der Waals surface area contributed by atoms with Crippen molar-refractivity contribution in [1.29, 1.82) is 0 Å². The van der Waals surface area contributed by atoms with Crippen LogP contribution in [0.3, 0.4) is 0 Å². The van der Waals surface area contributed by atoms with Crippen LogP contribution in [-0.4, -0.2) is 52.6 Å². The standard InChI is InChI=1S/C19H16F4N4O3S2/c1-26-16(29)15-10(7-31-17(15)27(26)2)6-14(28)25-18-24-12(8-32-18)9-3-4-11(20)13(5-9)30-19(21,22)23/h3-5,7-8,15,17H,6H2,1-2H3,(H,24,25,28). The molecule has 0 saturated carbocycles. The topological polar surface area (TPSA) is 74.8 Å². The summed E-state index contributed by atoms with van der Waals surface area (Å²) in [7, 11) is 3.49. The Balaban J connectivity index is 1.42. The summed E-state index contributed by atoms with van der Waals surface area (Å²) in [6.07, 6.45) is -5.02. The second-order valence-corrected chi connectivity index (χ2v) is 8.94. The molecule has 2 aromatic rings. The Kier molecular flexibility index (Phi) is 5.90. The van der Waals surface area contributed by atoms with Gasteiger partial charge in [0, 0.05) is 31.5 Å². The van der Waals surface area contributed by atoms with Crippen molar-refractivity contribution in [3.8, 4) is 17.0 Å². The van der Waals surface area contributed by atoms with Crippen LogP contribution in [0.5, 0.6) is 5.75 Å². The predicted octanol–water partition coefficient (Wildman–Crippen LogP) is 4.07. The lowest BCUT2D eigenvalue weighted by Crippen LogP contribution is -2.34. The van der Waals surface area contributed by atoms with Gasteiger partial charge in [0.15, 0.2) is 16.7 Å². The molecule has 170 valence electrons. The van der Waals surface area contributed by atoms with Crippen molar-refractivity contribution >= 4 is 40.0 Å². The Morgan fingerprint density at radius 3 is 2.78 bits per heavy atom. The Morgan fingerprint density at radius 2 is 2.06 bits per heavy atom. The van der Waals surface area contributed by atoms with Gasteiger partial charge in [0.25, 0.3) is 0 Å². The number of nitrogens with zero attached hydrogens (tertiary/aromatic N) is 3. The molecule has 1 N–H and O–H groups in total. The van der Waals surface area contributed by atoms with E-state index in [4.69, 9.17) is 0 Å². The Labute approximate surface area is 188 Å². The van der Waals surface area contributed by atoms with Crippen molar-refractivity contribution < 1.29 is 31.9 Å². The molecule has 3 heterocycles. The highest BCUT2D eigenvalue weighted by molar-refractivity contribution is 8.03. The number of alkyl halides is 3. The third-order valence-corrected chi connectivity index (χ3v) is 7.09. The average Bonchev–Trinajstić information content (AvgIpc) is 3.38. The number of rotatable bonds is 5. The number of amides is 2. The first-order chi connectivity index (χ1) is 15.0. The average molecular weight is 488 g/mol. The molecule has 2 aliphatic heterocycles. The summed E-state index contributed by atoms with van der Waals surface area (Å²) in [6, 6.07) is 3.00. The molecule has 0 bridgehead atoms. The van der Waals surface area contributed by atoms with E-state index in [9.17, 15) is 27.2 Å². The predicted molar refractivity (Wildman–Crippen MR) is 111 cm³/mol. The monoisotopic (exact) mass is 488 g/mol. The van der Waals surface area contributed by atoms with Crippen molar-refractivity contribution in [3.63, 3.8) is 0 Å². The molecule has 4 rings (SSSR count). The van der Waals surface area contributed by atoms with Gasteiger partial charge in [-0.1, -0.05) is 0 Å². The van der Waals surface area contributed by atoms with Crippen molar-refractivity contribution in [3.05, 3.63) is 40.4 Å². The summed E-state index contributed by atoms with van der Waals surface area (Å²) in [5.74, 6) is -2.97. The Morgan fingerprint density at radius 1 is 1.31 bits per heavy atom. The number of aromatic nitrogens is 1. The molecule has 1 fully saturated rings. The highest BCUT2D eigenvalue weighted by Crippen LogP contribution is 2.44. The van der Waals surface area contributed by atoms with Gasteiger partial charge in [-0.15, -0.1) is 36.3 Å². The van der Waals surface area contributed by atoms with Gasteiger partial charge in [-0.25, -0.2) is 14.4 Å². The summed E-state index contributed by atoms with van der Waals surface area (Å²) in [5.41, 5.74) is 1.16. The number of hydrazine groups is 1. The molecular weight excluding hydrogens is 472 g/mol. The summed E-state index contributed by atoms with van der Waals surface area (Å²) in [5, 5.41) is 9.48. The van der Waals surface area contributed by atoms with Crippen molar-refractivity contribution in [2.75, 3.05) is 19.4 Å². The van der Waals surface area contributed by atoms with Crippen LogP contribution < -0.4 is 10.1 Å². The minimum Gasteiger partial charge on any atom is -0.403 e. The molecule has 2 amide bonds. The fourth-order valence-electron chi connectivity index (χ4n) is 3.43. The fraction of sp³-hybridized carbons (Fsp3) is 0.316. The zero-order chi connectivity index (χ0) is 23.2. The van der Waals surface area contributed by atoms with Crippen molar-refractivity contribution in [2.24, 2.45) is 5.92 Å². The maximum absolute atomic E-state index is 13.6. The van der Waals surface area contributed by atoms with Gasteiger partial charge in [-0.2, -0.15) is 0 Å².